The average Bonchev–Trinajstić information content (AvgIpc) is 2.48. The van der Waals surface area contributed by atoms with Gasteiger partial charge in [0, 0.05) is 17.7 Å². The number of rotatable bonds is 5. The van der Waals surface area contributed by atoms with Gasteiger partial charge >= 0.3 is 0 Å². The third-order valence-electron chi connectivity index (χ3n) is 5.08. The van der Waals surface area contributed by atoms with Gasteiger partial charge in [-0.05, 0) is 43.2 Å². The molecule has 21 heavy (non-hydrogen) atoms. The van der Waals surface area contributed by atoms with Crippen molar-refractivity contribution in [3.8, 4) is 5.75 Å². The summed E-state index contributed by atoms with van der Waals surface area (Å²) in [5.41, 5.74) is 0.782. The minimum atomic E-state index is -0.161. The molecule has 1 fully saturated rings. The van der Waals surface area contributed by atoms with E-state index >= 15 is 0 Å². The zero-order chi connectivity index (χ0) is 15.4. The van der Waals surface area contributed by atoms with E-state index in [1.54, 1.807) is 7.11 Å². The van der Waals surface area contributed by atoms with Gasteiger partial charge in [-0.25, -0.2) is 4.39 Å². The molecule has 0 radical (unpaired) electrons. The number of methoxy groups -OCH3 is 1. The Labute approximate surface area is 128 Å². The van der Waals surface area contributed by atoms with Crippen LogP contribution in [0.1, 0.15) is 51.6 Å². The molecule has 0 amide bonds. The van der Waals surface area contributed by atoms with Crippen LogP contribution in [0.3, 0.4) is 0 Å². The zero-order valence-corrected chi connectivity index (χ0v) is 13.7. The van der Waals surface area contributed by atoms with Crippen molar-refractivity contribution < 1.29 is 9.13 Å². The van der Waals surface area contributed by atoms with Crippen LogP contribution in [0.4, 0.5) is 4.39 Å². The Balaban J connectivity index is 2.22. The lowest BCUT2D eigenvalue weighted by atomic mass is 9.72. The topological polar surface area (TPSA) is 21.3 Å². The molecule has 0 saturated heterocycles. The highest BCUT2D eigenvalue weighted by Gasteiger charge is 2.31. The van der Waals surface area contributed by atoms with Gasteiger partial charge in [-0.2, -0.15) is 0 Å². The number of ether oxygens (including phenoxy) is 1. The van der Waals surface area contributed by atoms with Crippen LogP contribution in [0.15, 0.2) is 18.2 Å². The molecule has 1 saturated carbocycles. The van der Waals surface area contributed by atoms with Gasteiger partial charge < -0.3 is 10.1 Å². The second-order valence-electron chi connectivity index (χ2n) is 6.45. The van der Waals surface area contributed by atoms with Crippen molar-refractivity contribution in [2.24, 2.45) is 17.8 Å². The Morgan fingerprint density at radius 3 is 2.62 bits per heavy atom. The quantitative estimate of drug-likeness (QED) is 0.859. The van der Waals surface area contributed by atoms with Gasteiger partial charge in [-0.3, -0.25) is 0 Å². The molecule has 3 heteroatoms. The highest BCUT2D eigenvalue weighted by Crippen LogP contribution is 2.40. The van der Waals surface area contributed by atoms with Crippen molar-refractivity contribution in [2.45, 2.75) is 46.1 Å². The average molecular weight is 293 g/mol. The molecule has 1 N–H and O–H groups in total. The van der Waals surface area contributed by atoms with Gasteiger partial charge in [0.15, 0.2) is 0 Å². The third kappa shape index (κ3) is 3.76. The lowest BCUT2D eigenvalue weighted by Gasteiger charge is -2.37. The molecule has 1 aliphatic rings. The molecular weight excluding hydrogens is 265 g/mol. The molecule has 0 spiro atoms. The summed E-state index contributed by atoms with van der Waals surface area (Å²) in [6, 6.07) is 5.34. The molecule has 4 unspecified atom stereocenters. The Morgan fingerprint density at radius 2 is 2.05 bits per heavy atom. The molecule has 1 aromatic carbocycles. The highest BCUT2D eigenvalue weighted by molar-refractivity contribution is 5.31. The molecule has 1 aromatic rings. The minimum Gasteiger partial charge on any atom is -0.497 e. The van der Waals surface area contributed by atoms with Crippen LogP contribution in [0.5, 0.6) is 5.75 Å². The standard InChI is InChI=1S/C18H28FNO/c1-5-20-18(14-7-6-12(2)13(3)10-14)16-9-8-15(21-4)11-17(16)19/h8-9,11-14,18,20H,5-7,10H2,1-4H3. The molecule has 4 atom stereocenters. The normalized spacial score (nSPS) is 27.4. The van der Waals surface area contributed by atoms with Gasteiger partial charge in [0.05, 0.1) is 7.11 Å². The van der Waals surface area contributed by atoms with E-state index in [1.165, 1.54) is 25.3 Å². The second kappa shape index (κ2) is 7.26. The summed E-state index contributed by atoms with van der Waals surface area (Å²) >= 11 is 0. The van der Waals surface area contributed by atoms with E-state index in [0.717, 1.165) is 18.0 Å². The molecule has 0 bridgehead atoms. The summed E-state index contributed by atoms with van der Waals surface area (Å²) in [6.07, 6.45) is 3.59. The lowest BCUT2D eigenvalue weighted by Crippen LogP contribution is -2.33. The fourth-order valence-corrected chi connectivity index (χ4v) is 3.53. The van der Waals surface area contributed by atoms with Gasteiger partial charge in [-0.1, -0.05) is 33.3 Å². The lowest BCUT2D eigenvalue weighted by molar-refractivity contribution is 0.170. The second-order valence-corrected chi connectivity index (χ2v) is 6.45. The van der Waals surface area contributed by atoms with Crippen LogP contribution < -0.4 is 10.1 Å². The zero-order valence-electron chi connectivity index (χ0n) is 13.7. The molecular formula is C18H28FNO. The maximum Gasteiger partial charge on any atom is 0.131 e. The van der Waals surface area contributed by atoms with Crippen LogP contribution in [0.25, 0.3) is 0 Å². The van der Waals surface area contributed by atoms with E-state index in [0.29, 0.717) is 17.6 Å². The van der Waals surface area contributed by atoms with Crippen LogP contribution >= 0.6 is 0 Å². The Kier molecular flexibility index (Phi) is 5.63. The van der Waals surface area contributed by atoms with Crippen LogP contribution in [0.2, 0.25) is 0 Å². The summed E-state index contributed by atoms with van der Waals surface area (Å²) in [6.45, 7) is 7.60. The van der Waals surface area contributed by atoms with E-state index in [4.69, 9.17) is 4.74 Å². The Morgan fingerprint density at radius 1 is 1.29 bits per heavy atom. The maximum atomic E-state index is 14.4. The van der Waals surface area contributed by atoms with E-state index in [9.17, 15) is 4.39 Å². The maximum absolute atomic E-state index is 14.4. The van der Waals surface area contributed by atoms with Gasteiger partial charge in [0.1, 0.15) is 11.6 Å². The third-order valence-corrected chi connectivity index (χ3v) is 5.08. The van der Waals surface area contributed by atoms with E-state index in [1.807, 2.05) is 12.1 Å². The van der Waals surface area contributed by atoms with E-state index in [2.05, 4.69) is 26.1 Å². The van der Waals surface area contributed by atoms with Crippen molar-refractivity contribution >= 4 is 0 Å². The van der Waals surface area contributed by atoms with Crippen molar-refractivity contribution in [1.29, 1.82) is 0 Å². The van der Waals surface area contributed by atoms with E-state index < -0.39 is 0 Å². The van der Waals surface area contributed by atoms with Crippen molar-refractivity contribution in [3.63, 3.8) is 0 Å². The number of hydrogen-bond acceptors (Lipinski definition) is 2. The molecule has 0 aliphatic heterocycles. The largest absolute Gasteiger partial charge is 0.497 e. The minimum absolute atomic E-state index is 0.107. The summed E-state index contributed by atoms with van der Waals surface area (Å²) < 4.78 is 19.5. The Bertz CT molecular complexity index is 463. The first-order valence-electron chi connectivity index (χ1n) is 8.13. The van der Waals surface area contributed by atoms with Crippen molar-refractivity contribution in [3.05, 3.63) is 29.6 Å². The smallest absolute Gasteiger partial charge is 0.131 e. The molecule has 0 heterocycles. The van der Waals surface area contributed by atoms with Crippen LogP contribution in [0, 0.1) is 23.6 Å². The molecule has 1 aliphatic carbocycles. The van der Waals surface area contributed by atoms with Gasteiger partial charge in [0.2, 0.25) is 0 Å². The summed E-state index contributed by atoms with van der Waals surface area (Å²) in [5.74, 6) is 2.43. The highest BCUT2D eigenvalue weighted by atomic mass is 19.1. The fourth-order valence-electron chi connectivity index (χ4n) is 3.53. The van der Waals surface area contributed by atoms with Gasteiger partial charge in [0.25, 0.3) is 0 Å². The van der Waals surface area contributed by atoms with Crippen molar-refractivity contribution in [2.75, 3.05) is 13.7 Å². The first kappa shape index (κ1) is 16.3. The molecule has 2 nitrogen and oxygen atoms in total. The number of halogens is 1. The molecule has 2 rings (SSSR count). The summed E-state index contributed by atoms with van der Waals surface area (Å²) in [7, 11) is 1.57. The summed E-state index contributed by atoms with van der Waals surface area (Å²) in [4.78, 5) is 0. The van der Waals surface area contributed by atoms with Crippen LogP contribution in [-0.2, 0) is 0 Å². The fraction of sp³-hybridized carbons (Fsp3) is 0.667. The number of benzene rings is 1. The SMILES string of the molecule is CCNC(c1ccc(OC)cc1F)C1CCC(C)C(C)C1. The summed E-state index contributed by atoms with van der Waals surface area (Å²) in [5, 5.41) is 3.50. The number of hydrogen-bond donors (Lipinski definition) is 1. The predicted octanol–water partition coefficient (Wildman–Crippen LogP) is 4.56. The first-order chi connectivity index (χ1) is 10.1. The van der Waals surface area contributed by atoms with Crippen LogP contribution in [-0.4, -0.2) is 13.7 Å². The number of nitrogens with one attached hydrogen (secondary N) is 1. The first-order valence-corrected chi connectivity index (χ1v) is 8.13. The molecule has 0 aromatic heterocycles. The van der Waals surface area contributed by atoms with Gasteiger partial charge in [-0.15, -0.1) is 0 Å². The Hall–Kier alpha value is -1.09. The van der Waals surface area contributed by atoms with Crippen molar-refractivity contribution in [1.82, 2.24) is 5.32 Å². The van der Waals surface area contributed by atoms with E-state index in [-0.39, 0.29) is 11.9 Å². The molecule has 118 valence electrons. The monoisotopic (exact) mass is 293 g/mol. The predicted molar refractivity (Wildman–Crippen MR) is 85.0 cm³/mol.